The van der Waals surface area contributed by atoms with Gasteiger partial charge in [-0.3, -0.25) is 0 Å². The smallest absolute Gasteiger partial charge is 0.139 e. The van der Waals surface area contributed by atoms with Gasteiger partial charge < -0.3 is 4.42 Å². The van der Waals surface area contributed by atoms with E-state index in [-0.39, 0.29) is 0 Å². The molecule has 1 nitrogen and oxygen atoms in total. The highest BCUT2D eigenvalue weighted by Crippen LogP contribution is 2.45. The van der Waals surface area contributed by atoms with E-state index in [0.717, 1.165) is 16.6 Å². The SMILES string of the molecule is Bc1c(B)c(B)c2c(-c3cccc4oc5ccccc5c34)c3c(B)c(B)c(B)c(B)c3c(-c3ccc4cc(-c5ccccc5)ccc4c3)c2c1B. The van der Waals surface area contributed by atoms with Crippen molar-refractivity contribution in [2.24, 2.45) is 0 Å². The lowest BCUT2D eigenvalue weighted by Crippen LogP contribution is -2.50. The molecular weight excluding hydrogens is 607 g/mol. The molecule has 0 aliphatic rings. The van der Waals surface area contributed by atoms with E-state index in [0.29, 0.717) is 0 Å². The Kier molecular flexibility index (Phi) is 7.30. The van der Waals surface area contributed by atoms with Gasteiger partial charge >= 0.3 is 0 Å². The van der Waals surface area contributed by atoms with Crippen molar-refractivity contribution in [2.45, 2.75) is 0 Å². The van der Waals surface area contributed by atoms with Crippen molar-refractivity contribution in [3.8, 4) is 33.4 Å². The Morgan fingerprint density at radius 2 is 0.824 bits per heavy atom. The monoisotopic (exact) mass is 642 g/mol. The van der Waals surface area contributed by atoms with Crippen LogP contribution >= 0.6 is 0 Å². The van der Waals surface area contributed by atoms with Gasteiger partial charge in [-0.2, -0.15) is 0 Å². The van der Waals surface area contributed by atoms with E-state index >= 15 is 0 Å². The van der Waals surface area contributed by atoms with Gasteiger partial charge in [-0.15, -0.1) is 21.9 Å². The van der Waals surface area contributed by atoms with Crippen molar-refractivity contribution in [3.05, 3.63) is 109 Å². The molecule has 0 spiro atoms. The molecule has 0 bridgehead atoms. The van der Waals surface area contributed by atoms with Crippen LogP contribution in [0, 0.1) is 0 Å². The number of rotatable bonds is 3. The largest absolute Gasteiger partial charge is 0.456 e. The maximum absolute atomic E-state index is 6.50. The van der Waals surface area contributed by atoms with Crippen LogP contribution in [0.2, 0.25) is 0 Å². The summed E-state index contributed by atoms with van der Waals surface area (Å²) in [5.41, 5.74) is 20.4. The molecule has 232 valence electrons. The average molecular weight is 641 g/mol. The average Bonchev–Trinajstić information content (AvgIpc) is 3.55. The third kappa shape index (κ3) is 4.60. The van der Waals surface area contributed by atoms with Crippen LogP contribution in [0.15, 0.2) is 114 Å². The zero-order valence-corrected chi connectivity index (χ0v) is 30.8. The molecule has 9 aromatic rings. The van der Waals surface area contributed by atoms with Crippen molar-refractivity contribution in [3.63, 3.8) is 0 Å². The molecule has 9 rings (SSSR count). The van der Waals surface area contributed by atoms with Gasteiger partial charge in [0, 0.05) is 10.8 Å². The minimum atomic E-state index is 0.927. The quantitative estimate of drug-likeness (QED) is 0.163. The van der Waals surface area contributed by atoms with E-state index in [1.165, 1.54) is 115 Å². The normalized spacial score (nSPS) is 11.8. The Balaban J connectivity index is 1.49. The second kappa shape index (κ2) is 11.7. The molecule has 51 heavy (non-hydrogen) atoms. The Morgan fingerprint density at radius 3 is 1.43 bits per heavy atom. The maximum Gasteiger partial charge on any atom is 0.139 e. The summed E-state index contributed by atoms with van der Waals surface area (Å²) in [6.07, 6.45) is 0. The zero-order valence-electron chi connectivity index (χ0n) is 30.8. The summed E-state index contributed by atoms with van der Waals surface area (Å²) in [5, 5.41) is 10.3. The molecule has 8 aromatic carbocycles. The van der Waals surface area contributed by atoms with Gasteiger partial charge in [0.25, 0.3) is 0 Å². The predicted octanol–water partition coefficient (Wildman–Crippen LogP) is -1.89. The van der Waals surface area contributed by atoms with E-state index in [4.69, 9.17) is 4.42 Å². The standard InChI is InChI=1S/C42H34B8O/c43-35-31-28(23-16-15-21-17-20(13-14-22(21)18-23)19-7-2-1-3-8-19)32-34(38(46)42(50)40(48)36(32)44)30(33(31)37(45)41(49)39(35)47)25-10-6-12-27-29(25)24-9-4-5-11-26(24)51-27/h1-18H,43-50H2. The minimum absolute atomic E-state index is 0.927. The Bertz CT molecular complexity index is 2870. The van der Waals surface area contributed by atoms with Crippen LogP contribution in [0.5, 0.6) is 0 Å². The Hall–Kier alpha value is -5.14. The highest BCUT2D eigenvalue weighted by molar-refractivity contribution is 6.71. The van der Waals surface area contributed by atoms with Gasteiger partial charge in [0.1, 0.15) is 73.9 Å². The Morgan fingerprint density at radius 1 is 0.333 bits per heavy atom. The van der Waals surface area contributed by atoms with Crippen molar-refractivity contribution in [2.75, 3.05) is 0 Å². The Labute approximate surface area is 306 Å². The summed E-state index contributed by atoms with van der Waals surface area (Å²) in [6, 6.07) is 39.8. The summed E-state index contributed by atoms with van der Waals surface area (Å²) in [4.78, 5) is 0. The van der Waals surface area contributed by atoms with Crippen LogP contribution in [0.1, 0.15) is 0 Å². The molecule has 0 saturated heterocycles. The zero-order chi connectivity index (χ0) is 35.3. The fourth-order valence-corrected chi connectivity index (χ4v) is 8.88. The van der Waals surface area contributed by atoms with E-state index < -0.39 is 0 Å². The summed E-state index contributed by atoms with van der Waals surface area (Å²) >= 11 is 0. The minimum Gasteiger partial charge on any atom is -0.456 e. The molecular formula is C42H34B8O. The third-order valence-electron chi connectivity index (χ3n) is 12.3. The molecule has 0 N–H and O–H groups in total. The van der Waals surface area contributed by atoms with Gasteiger partial charge in [-0.05, 0) is 90.0 Å². The fourth-order valence-electron chi connectivity index (χ4n) is 8.88. The molecule has 0 unspecified atom stereocenters. The van der Waals surface area contributed by atoms with Gasteiger partial charge in [-0.1, -0.05) is 107 Å². The van der Waals surface area contributed by atoms with Crippen molar-refractivity contribution >= 4 is 161 Å². The van der Waals surface area contributed by atoms with Crippen LogP contribution in [0.25, 0.3) is 87.6 Å². The highest BCUT2D eigenvalue weighted by Gasteiger charge is 2.26. The first kappa shape index (κ1) is 31.8. The van der Waals surface area contributed by atoms with Gasteiger partial charge in [0.15, 0.2) is 0 Å². The van der Waals surface area contributed by atoms with Crippen molar-refractivity contribution in [1.29, 1.82) is 0 Å². The second-order valence-electron chi connectivity index (χ2n) is 14.7. The van der Waals surface area contributed by atoms with Crippen LogP contribution in [0.4, 0.5) is 0 Å². The summed E-state index contributed by atoms with van der Waals surface area (Å²) in [7, 11) is 18.6. The molecule has 0 saturated carbocycles. The summed E-state index contributed by atoms with van der Waals surface area (Å²) < 4.78 is 6.50. The molecule has 0 amide bonds. The van der Waals surface area contributed by atoms with Crippen LogP contribution in [-0.4, -0.2) is 62.8 Å². The van der Waals surface area contributed by atoms with Gasteiger partial charge in [0.2, 0.25) is 0 Å². The lowest BCUT2D eigenvalue weighted by Gasteiger charge is -2.28. The molecule has 0 radical (unpaired) electrons. The molecule has 1 heterocycles. The number of hydrogen-bond donors (Lipinski definition) is 0. The maximum atomic E-state index is 6.50. The first-order chi connectivity index (χ1) is 24.7. The summed E-state index contributed by atoms with van der Waals surface area (Å²) in [5.74, 6) is 0. The van der Waals surface area contributed by atoms with E-state index in [2.05, 4.69) is 172 Å². The molecule has 9 heteroatoms. The number of furan rings is 1. The fraction of sp³-hybridized carbons (Fsp3) is 0. The first-order valence-corrected chi connectivity index (χ1v) is 18.1. The molecule has 0 aliphatic heterocycles. The molecule has 1 aromatic heterocycles. The number of fused-ring (bicyclic) bond motifs is 6. The van der Waals surface area contributed by atoms with E-state index in [9.17, 15) is 0 Å². The number of hydrogen-bond acceptors (Lipinski definition) is 1. The van der Waals surface area contributed by atoms with Crippen molar-refractivity contribution < 1.29 is 4.42 Å². The van der Waals surface area contributed by atoms with E-state index in [1.54, 1.807) is 0 Å². The lowest BCUT2D eigenvalue weighted by molar-refractivity contribution is 0.669. The highest BCUT2D eigenvalue weighted by atomic mass is 16.3. The van der Waals surface area contributed by atoms with Gasteiger partial charge in [-0.25, -0.2) is 0 Å². The molecule has 0 atom stereocenters. The van der Waals surface area contributed by atoms with Crippen LogP contribution in [0.3, 0.4) is 0 Å². The number of benzene rings is 8. The van der Waals surface area contributed by atoms with Gasteiger partial charge in [0.05, 0.1) is 0 Å². The molecule has 0 fully saturated rings. The predicted molar refractivity (Wildman–Crippen MR) is 248 cm³/mol. The second-order valence-corrected chi connectivity index (χ2v) is 14.7. The third-order valence-corrected chi connectivity index (χ3v) is 12.3. The topological polar surface area (TPSA) is 13.1 Å². The van der Waals surface area contributed by atoms with E-state index in [1.807, 2.05) is 0 Å². The molecule has 0 aliphatic carbocycles. The van der Waals surface area contributed by atoms with Crippen LogP contribution < -0.4 is 43.7 Å². The number of para-hydroxylation sites is 1. The summed E-state index contributed by atoms with van der Waals surface area (Å²) in [6.45, 7) is 0. The van der Waals surface area contributed by atoms with Crippen LogP contribution in [-0.2, 0) is 0 Å². The van der Waals surface area contributed by atoms with Crippen molar-refractivity contribution in [1.82, 2.24) is 0 Å². The lowest BCUT2D eigenvalue weighted by atomic mass is 9.59. The first-order valence-electron chi connectivity index (χ1n) is 18.1.